The van der Waals surface area contributed by atoms with Gasteiger partial charge in [-0.2, -0.15) is 0 Å². The van der Waals surface area contributed by atoms with Crippen LogP contribution in [0.2, 0.25) is 0 Å². The molecular formula is C25H29NO4. The summed E-state index contributed by atoms with van der Waals surface area (Å²) in [5, 5.41) is 0. The first kappa shape index (κ1) is 20.5. The fraction of sp³-hybridized carbons (Fsp3) is 0.440. The van der Waals surface area contributed by atoms with Crippen LogP contribution in [0.3, 0.4) is 0 Å². The fourth-order valence-electron chi connectivity index (χ4n) is 4.63. The van der Waals surface area contributed by atoms with Crippen molar-refractivity contribution in [1.29, 1.82) is 0 Å². The first-order valence-corrected chi connectivity index (χ1v) is 10.7. The largest absolute Gasteiger partial charge is 0.486 e. The number of ketones is 1. The zero-order chi connectivity index (χ0) is 21.3. The van der Waals surface area contributed by atoms with Crippen molar-refractivity contribution in [2.24, 2.45) is 0 Å². The molecule has 0 saturated carbocycles. The molecule has 5 heteroatoms. The van der Waals surface area contributed by atoms with Crippen molar-refractivity contribution in [1.82, 2.24) is 4.90 Å². The average Bonchev–Trinajstić information content (AvgIpc) is 2.71. The van der Waals surface area contributed by atoms with E-state index in [0.717, 1.165) is 28.9 Å². The lowest BCUT2D eigenvalue weighted by Crippen LogP contribution is -2.53. The van der Waals surface area contributed by atoms with Crippen molar-refractivity contribution in [3.63, 3.8) is 0 Å². The van der Waals surface area contributed by atoms with Crippen LogP contribution in [0.25, 0.3) is 0 Å². The lowest BCUT2D eigenvalue weighted by molar-refractivity contribution is -0.136. The molecule has 4 rings (SSSR count). The summed E-state index contributed by atoms with van der Waals surface area (Å²) in [6.45, 7) is 7.23. The van der Waals surface area contributed by atoms with Crippen molar-refractivity contribution in [2.75, 3.05) is 19.7 Å². The molecule has 158 valence electrons. The Balaban J connectivity index is 1.39. The molecule has 0 bridgehead atoms. The molecule has 1 fully saturated rings. The van der Waals surface area contributed by atoms with Crippen LogP contribution in [0.5, 0.6) is 11.5 Å². The van der Waals surface area contributed by atoms with E-state index in [1.807, 2.05) is 55.1 Å². The molecule has 0 atom stereocenters. The van der Waals surface area contributed by atoms with Crippen LogP contribution in [-0.4, -0.2) is 41.9 Å². The number of hydrogen-bond acceptors (Lipinski definition) is 4. The Morgan fingerprint density at radius 3 is 2.63 bits per heavy atom. The van der Waals surface area contributed by atoms with Crippen molar-refractivity contribution < 1.29 is 19.1 Å². The van der Waals surface area contributed by atoms with Crippen LogP contribution in [0.1, 0.15) is 53.2 Å². The second-order valence-corrected chi connectivity index (χ2v) is 8.47. The van der Waals surface area contributed by atoms with E-state index in [4.69, 9.17) is 9.47 Å². The highest BCUT2D eigenvalue weighted by Gasteiger charge is 2.44. The van der Waals surface area contributed by atoms with Gasteiger partial charge in [0.15, 0.2) is 12.4 Å². The number of carbonyl (C=O) groups is 2. The molecule has 1 amide bonds. The van der Waals surface area contributed by atoms with Gasteiger partial charge in [-0.3, -0.25) is 9.59 Å². The third kappa shape index (κ3) is 3.93. The molecule has 0 unspecified atom stereocenters. The highest BCUT2D eigenvalue weighted by atomic mass is 16.5. The summed E-state index contributed by atoms with van der Waals surface area (Å²) >= 11 is 0. The molecule has 0 aromatic heterocycles. The summed E-state index contributed by atoms with van der Waals surface area (Å²) in [5.41, 5.74) is 3.38. The van der Waals surface area contributed by atoms with Gasteiger partial charge in [0.2, 0.25) is 0 Å². The minimum absolute atomic E-state index is 0.0232. The summed E-state index contributed by atoms with van der Waals surface area (Å²) in [7, 11) is 0. The van der Waals surface area contributed by atoms with E-state index in [9.17, 15) is 9.59 Å². The van der Waals surface area contributed by atoms with Gasteiger partial charge in [-0.1, -0.05) is 31.2 Å². The number of carbonyl (C=O) groups excluding carboxylic acids is 2. The molecule has 2 heterocycles. The minimum Gasteiger partial charge on any atom is -0.486 e. The Hall–Kier alpha value is -2.82. The number of aryl methyl sites for hydroxylation is 3. The third-order valence-corrected chi connectivity index (χ3v) is 6.26. The molecule has 2 aromatic rings. The van der Waals surface area contributed by atoms with E-state index in [2.05, 4.69) is 6.92 Å². The van der Waals surface area contributed by atoms with Gasteiger partial charge >= 0.3 is 0 Å². The zero-order valence-corrected chi connectivity index (χ0v) is 18.0. The second-order valence-electron chi connectivity index (χ2n) is 8.47. The summed E-state index contributed by atoms with van der Waals surface area (Å²) in [5.74, 6) is 1.59. The van der Waals surface area contributed by atoms with Crippen LogP contribution < -0.4 is 9.47 Å². The molecule has 1 saturated heterocycles. The number of benzene rings is 2. The molecule has 2 aliphatic rings. The highest BCUT2D eigenvalue weighted by molar-refractivity contribution is 6.01. The smallest absolute Gasteiger partial charge is 0.260 e. The Morgan fingerprint density at radius 2 is 1.90 bits per heavy atom. The van der Waals surface area contributed by atoms with Crippen molar-refractivity contribution >= 4 is 11.7 Å². The summed E-state index contributed by atoms with van der Waals surface area (Å²) < 4.78 is 12.2. The molecule has 0 N–H and O–H groups in total. The molecule has 0 radical (unpaired) electrons. The van der Waals surface area contributed by atoms with E-state index < -0.39 is 5.60 Å². The van der Waals surface area contributed by atoms with Gasteiger partial charge in [0.1, 0.15) is 17.1 Å². The zero-order valence-electron chi connectivity index (χ0n) is 18.0. The van der Waals surface area contributed by atoms with Crippen LogP contribution in [0.15, 0.2) is 36.4 Å². The number of para-hydroxylation sites is 1. The first-order chi connectivity index (χ1) is 14.4. The van der Waals surface area contributed by atoms with Crippen molar-refractivity contribution in [3.05, 3.63) is 58.7 Å². The Labute approximate surface area is 178 Å². The lowest BCUT2D eigenvalue weighted by Gasteiger charge is -2.44. The molecule has 2 aromatic carbocycles. The lowest BCUT2D eigenvalue weighted by atomic mass is 9.81. The van der Waals surface area contributed by atoms with Gasteiger partial charge in [-0.05, 0) is 49.1 Å². The van der Waals surface area contributed by atoms with Crippen molar-refractivity contribution in [2.45, 2.75) is 52.1 Å². The number of amides is 1. The topological polar surface area (TPSA) is 55.8 Å². The number of nitrogens with zero attached hydrogens (tertiary/aromatic N) is 1. The van der Waals surface area contributed by atoms with Crippen LogP contribution in [-0.2, 0) is 11.2 Å². The standard InChI is InChI=1S/C25H29NO4/c1-4-19-7-5-6-8-21(19)29-16-23(28)26-11-9-25(10-12-26)15-20(27)24-18(3)13-17(2)14-22(24)30-25/h5-8,13-14H,4,9-12,15-16H2,1-3H3. The minimum atomic E-state index is -0.503. The predicted molar refractivity (Wildman–Crippen MR) is 115 cm³/mol. The summed E-state index contributed by atoms with van der Waals surface area (Å²) in [4.78, 5) is 27.4. The molecule has 0 aliphatic carbocycles. The van der Waals surface area contributed by atoms with E-state index in [0.29, 0.717) is 43.7 Å². The molecule has 30 heavy (non-hydrogen) atoms. The highest BCUT2D eigenvalue weighted by Crippen LogP contribution is 2.41. The number of piperidine rings is 1. The molecular weight excluding hydrogens is 378 g/mol. The van der Waals surface area contributed by atoms with E-state index in [1.54, 1.807) is 0 Å². The van der Waals surface area contributed by atoms with Crippen LogP contribution in [0, 0.1) is 13.8 Å². The normalized spacial score (nSPS) is 17.4. The van der Waals surface area contributed by atoms with Gasteiger partial charge in [-0.15, -0.1) is 0 Å². The Bertz CT molecular complexity index is 973. The monoisotopic (exact) mass is 407 g/mol. The Morgan fingerprint density at radius 1 is 1.17 bits per heavy atom. The molecule has 5 nitrogen and oxygen atoms in total. The molecule has 1 spiro atoms. The van der Waals surface area contributed by atoms with Crippen LogP contribution >= 0.6 is 0 Å². The maximum Gasteiger partial charge on any atom is 0.260 e. The first-order valence-electron chi connectivity index (χ1n) is 10.7. The number of likely N-dealkylation sites (tertiary alicyclic amines) is 1. The molecule has 2 aliphatic heterocycles. The maximum absolute atomic E-state index is 12.8. The van der Waals surface area contributed by atoms with E-state index in [1.165, 1.54) is 0 Å². The van der Waals surface area contributed by atoms with Crippen molar-refractivity contribution in [3.8, 4) is 11.5 Å². The number of ether oxygens (including phenoxy) is 2. The predicted octanol–water partition coefficient (Wildman–Crippen LogP) is 4.27. The number of Topliss-reactive ketones (excluding diaryl/α,β-unsaturated/α-hetero) is 1. The van der Waals surface area contributed by atoms with E-state index in [-0.39, 0.29) is 18.3 Å². The third-order valence-electron chi connectivity index (χ3n) is 6.26. The van der Waals surface area contributed by atoms with Crippen LogP contribution in [0.4, 0.5) is 0 Å². The number of fused-ring (bicyclic) bond motifs is 1. The van der Waals surface area contributed by atoms with E-state index >= 15 is 0 Å². The SMILES string of the molecule is CCc1ccccc1OCC(=O)N1CCC2(CC1)CC(=O)c1c(C)cc(C)cc1O2. The quantitative estimate of drug-likeness (QED) is 0.759. The van der Waals surface area contributed by atoms with Gasteiger partial charge < -0.3 is 14.4 Å². The fourth-order valence-corrected chi connectivity index (χ4v) is 4.63. The Kier molecular flexibility index (Phi) is 5.54. The number of hydrogen-bond donors (Lipinski definition) is 0. The number of rotatable bonds is 4. The maximum atomic E-state index is 12.8. The average molecular weight is 408 g/mol. The van der Waals surface area contributed by atoms with Gasteiger partial charge in [0.25, 0.3) is 5.91 Å². The summed E-state index contributed by atoms with van der Waals surface area (Å²) in [6, 6.07) is 11.8. The summed E-state index contributed by atoms with van der Waals surface area (Å²) in [6.07, 6.45) is 2.56. The van der Waals surface area contributed by atoms with Gasteiger partial charge in [0.05, 0.1) is 12.0 Å². The second kappa shape index (κ2) is 8.13. The van der Waals surface area contributed by atoms with Gasteiger partial charge in [0, 0.05) is 25.9 Å². The van der Waals surface area contributed by atoms with Gasteiger partial charge in [-0.25, -0.2) is 0 Å².